The summed E-state index contributed by atoms with van der Waals surface area (Å²) in [7, 11) is -3.77. The number of nitrogens with zero attached hydrogens (tertiary/aromatic N) is 4. The third-order valence-corrected chi connectivity index (χ3v) is 11.0. The van der Waals surface area contributed by atoms with E-state index < -0.39 is 52.2 Å². The quantitative estimate of drug-likeness (QED) is 0.161. The summed E-state index contributed by atoms with van der Waals surface area (Å²) in [6.07, 6.45) is -5.16. The molecule has 1 fully saturated rings. The fourth-order valence-electron chi connectivity index (χ4n) is 4.66. The molecule has 9 nitrogen and oxygen atoms in total. The molecule has 18 heteroatoms. The van der Waals surface area contributed by atoms with Crippen LogP contribution in [0.4, 0.5) is 22.0 Å². The highest BCUT2D eigenvalue weighted by Crippen LogP contribution is 2.44. The largest absolute Gasteiger partial charge is 0.481 e. The molecule has 248 valence electrons. The van der Waals surface area contributed by atoms with Crippen molar-refractivity contribution in [2.45, 2.75) is 76.0 Å². The zero-order chi connectivity index (χ0) is 33.5. The summed E-state index contributed by atoms with van der Waals surface area (Å²) >= 11 is 14.1. The van der Waals surface area contributed by atoms with Gasteiger partial charge in [-0.15, -0.1) is 21.5 Å². The average Bonchev–Trinajstić information content (AvgIpc) is 3.54. The first-order valence-electron chi connectivity index (χ1n) is 13.6. The molecule has 1 aliphatic rings. The third kappa shape index (κ3) is 8.14. The number of hydrogen-bond acceptors (Lipinski definition) is 8. The second-order valence-electron chi connectivity index (χ2n) is 11.4. The first kappa shape index (κ1) is 35.5. The fourth-order valence-corrected chi connectivity index (χ4v) is 8.16. The average molecular weight is 719 g/mol. The van der Waals surface area contributed by atoms with Gasteiger partial charge in [-0.1, -0.05) is 36.2 Å². The monoisotopic (exact) mass is 717 g/mol. The Hall–Kier alpha value is -2.37. The summed E-state index contributed by atoms with van der Waals surface area (Å²) < 4.78 is 89.7. The summed E-state index contributed by atoms with van der Waals surface area (Å²) in [6, 6.07) is 0.521. The molecule has 1 saturated heterocycles. The summed E-state index contributed by atoms with van der Waals surface area (Å²) in [6.45, 7) is 4.11. The van der Waals surface area contributed by atoms with E-state index in [0.29, 0.717) is 17.1 Å². The summed E-state index contributed by atoms with van der Waals surface area (Å²) in [5.74, 6) is -0.515. The van der Waals surface area contributed by atoms with E-state index in [2.05, 4.69) is 21.1 Å². The van der Waals surface area contributed by atoms with Crippen molar-refractivity contribution in [1.29, 1.82) is 0 Å². The lowest BCUT2D eigenvalue weighted by molar-refractivity contribution is -0.151. The number of nitrogens with one attached hydrogen (secondary N) is 1. The van der Waals surface area contributed by atoms with E-state index in [4.69, 9.17) is 27.6 Å². The van der Waals surface area contributed by atoms with Gasteiger partial charge < -0.3 is 9.52 Å². The molecule has 0 amide bonds. The second kappa shape index (κ2) is 13.0. The number of carboxylic acid groups (broad SMARTS) is 1. The van der Waals surface area contributed by atoms with Crippen LogP contribution in [0.25, 0.3) is 21.3 Å². The molecule has 4 rings (SSSR count). The first-order valence-corrected chi connectivity index (χ1v) is 16.9. The minimum Gasteiger partial charge on any atom is -0.481 e. The van der Waals surface area contributed by atoms with E-state index in [0.717, 1.165) is 11.3 Å². The summed E-state index contributed by atoms with van der Waals surface area (Å²) in [4.78, 5) is 17.8. The molecule has 0 aliphatic carbocycles. The molecule has 0 radical (unpaired) electrons. The van der Waals surface area contributed by atoms with Crippen LogP contribution in [0.5, 0.6) is 0 Å². The van der Waals surface area contributed by atoms with E-state index in [9.17, 15) is 36.1 Å². The number of carbonyl (C=O) groups is 1. The number of likely N-dealkylation sites (tertiary alicyclic amines) is 1. The smallest absolute Gasteiger partial charge is 0.404 e. The van der Waals surface area contributed by atoms with Gasteiger partial charge >= 0.3 is 12.1 Å². The number of alkyl halides is 5. The SMILES string of the molecule is C=S(=O)(N[C@@H](CC)C(F)(F)F)c1ccc(-c2sc(-c3nnc(CC(C)(C)C(=O)O)o3)nc2CN2CCCC(F)(F)C2)c(Cl)c1Cl. The Morgan fingerprint density at radius 3 is 2.56 bits per heavy atom. The van der Waals surface area contributed by atoms with Crippen LogP contribution in [-0.2, 0) is 27.5 Å². The van der Waals surface area contributed by atoms with Gasteiger partial charge in [0.2, 0.25) is 5.89 Å². The maximum Gasteiger partial charge on any atom is 0.404 e. The molecule has 3 aromatic rings. The van der Waals surface area contributed by atoms with Crippen LogP contribution < -0.4 is 4.72 Å². The lowest BCUT2D eigenvalue weighted by atomic mass is 9.90. The number of hydrogen-bond donors (Lipinski definition) is 2. The number of carboxylic acids is 1. The molecule has 2 atom stereocenters. The van der Waals surface area contributed by atoms with Crippen molar-refractivity contribution >= 4 is 56.1 Å². The molecule has 0 bridgehead atoms. The normalized spacial score (nSPS) is 18.1. The Bertz CT molecular complexity index is 1680. The van der Waals surface area contributed by atoms with Crippen LogP contribution in [0.1, 0.15) is 51.6 Å². The maximum atomic E-state index is 14.2. The van der Waals surface area contributed by atoms with Gasteiger partial charge in [0.05, 0.1) is 47.2 Å². The van der Waals surface area contributed by atoms with Gasteiger partial charge in [-0.2, -0.15) is 13.2 Å². The number of halogens is 7. The van der Waals surface area contributed by atoms with E-state index in [1.165, 1.54) is 37.8 Å². The molecule has 1 aromatic carbocycles. The van der Waals surface area contributed by atoms with Gasteiger partial charge in [0.1, 0.15) is 6.04 Å². The number of benzene rings is 1. The molecule has 45 heavy (non-hydrogen) atoms. The maximum absolute atomic E-state index is 14.2. The molecule has 3 heterocycles. The van der Waals surface area contributed by atoms with Crippen molar-refractivity contribution in [2.75, 3.05) is 13.1 Å². The van der Waals surface area contributed by atoms with Gasteiger partial charge in [-0.25, -0.2) is 22.7 Å². The van der Waals surface area contributed by atoms with Crippen LogP contribution in [0.15, 0.2) is 21.4 Å². The van der Waals surface area contributed by atoms with Crippen LogP contribution in [-0.4, -0.2) is 72.5 Å². The van der Waals surface area contributed by atoms with Crippen molar-refractivity contribution in [2.24, 2.45) is 5.41 Å². The minimum absolute atomic E-state index is 0.0262. The van der Waals surface area contributed by atoms with Gasteiger partial charge in [0.15, 0.2) is 5.01 Å². The fraction of sp³-hybridized carbons (Fsp3) is 0.519. The Labute approximate surface area is 270 Å². The number of aromatic nitrogens is 3. The Morgan fingerprint density at radius 1 is 1.27 bits per heavy atom. The Kier molecular flexibility index (Phi) is 10.3. The molecular weight excluding hydrogens is 688 g/mol. The van der Waals surface area contributed by atoms with Crippen LogP contribution in [0.2, 0.25) is 10.0 Å². The zero-order valence-electron chi connectivity index (χ0n) is 24.3. The lowest BCUT2D eigenvalue weighted by Crippen LogP contribution is -2.44. The van der Waals surface area contributed by atoms with Gasteiger partial charge in [0.25, 0.3) is 11.8 Å². The predicted molar refractivity (Wildman–Crippen MR) is 162 cm³/mol. The molecule has 2 N–H and O–H groups in total. The van der Waals surface area contributed by atoms with Crippen molar-refractivity contribution in [1.82, 2.24) is 24.8 Å². The molecule has 1 unspecified atom stereocenters. The third-order valence-electron chi connectivity index (χ3n) is 7.15. The highest BCUT2D eigenvalue weighted by atomic mass is 35.5. The van der Waals surface area contributed by atoms with Crippen molar-refractivity contribution < 1.29 is 40.5 Å². The first-order chi connectivity index (χ1) is 20.7. The highest BCUT2D eigenvalue weighted by Gasteiger charge is 2.40. The molecular formula is C27H30Cl2F5N5O4S2. The van der Waals surface area contributed by atoms with E-state index in [-0.39, 0.29) is 63.1 Å². The summed E-state index contributed by atoms with van der Waals surface area (Å²) in [5.41, 5.74) is -0.647. The van der Waals surface area contributed by atoms with E-state index >= 15 is 0 Å². The van der Waals surface area contributed by atoms with Crippen molar-refractivity contribution in [3.05, 3.63) is 33.8 Å². The number of aliphatic carboxylic acids is 1. The zero-order valence-corrected chi connectivity index (χ0v) is 27.5. The predicted octanol–water partition coefficient (Wildman–Crippen LogP) is 6.97. The minimum atomic E-state index is -4.69. The number of piperidine rings is 1. The Morgan fingerprint density at radius 2 is 1.96 bits per heavy atom. The van der Waals surface area contributed by atoms with E-state index in [1.807, 2.05) is 4.72 Å². The van der Waals surface area contributed by atoms with Gasteiger partial charge in [-0.05, 0) is 45.2 Å². The topological polar surface area (TPSA) is 121 Å². The molecule has 0 spiro atoms. The molecule has 0 saturated carbocycles. The number of thiazole rings is 1. The van der Waals surface area contributed by atoms with Crippen molar-refractivity contribution in [3.63, 3.8) is 0 Å². The molecule has 1 aliphatic heterocycles. The standard InChI is InChI=1S/C27H30Cl2F5N5O4S2/c1-5-17(27(32,33)34)38-45(4,42)16-8-7-14(19(28)20(16)29)21-15(12-39-10-6-9-26(30,31)13-39)35-23(44-21)22-37-36-18(43-22)11-25(2,3)24(40)41/h7-8,17H,4-6,9-13H2,1-3H3,(H,38,42)(H,40,41)/t17-,45?/m0/s1. The summed E-state index contributed by atoms with van der Waals surface area (Å²) in [5, 5.41) is 17.1. The van der Waals surface area contributed by atoms with E-state index in [1.54, 1.807) is 0 Å². The van der Waals surface area contributed by atoms with Gasteiger partial charge in [-0.3, -0.25) is 9.69 Å². The number of rotatable bonds is 11. The molecule has 2 aromatic heterocycles. The van der Waals surface area contributed by atoms with Gasteiger partial charge in [0, 0.05) is 24.9 Å². The lowest BCUT2D eigenvalue weighted by Gasteiger charge is -2.32. The Balaban J connectivity index is 1.75. The second-order valence-corrected chi connectivity index (χ2v) is 15.1. The van der Waals surface area contributed by atoms with Crippen molar-refractivity contribution in [3.8, 4) is 21.3 Å². The van der Waals surface area contributed by atoms with Crippen LogP contribution >= 0.6 is 34.5 Å². The van der Waals surface area contributed by atoms with Crippen LogP contribution in [0, 0.1) is 5.41 Å². The van der Waals surface area contributed by atoms with Crippen LogP contribution in [0.3, 0.4) is 0 Å². The highest BCUT2D eigenvalue weighted by molar-refractivity contribution is 7.98.